The van der Waals surface area contributed by atoms with E-state index in [1.165, 1.54) is 5.56 Å². The molecule has 1 aliphatic heterocycles. The van der Waals surface area contributed by atoms with Crippen molar-refractivity contribution in [1.82, 2.24) is 4.90 Å². The molecule has 27 heavy (non-hydrogen) atoms. The lowest BCUT2D eigenvalue weighted by molar-refractivity contribution is -0.120. The van der Waals surface area contributed by atoms with Crippen molar-refractivity contribution in [1.29, 1.82) is 0 Å². The minimum atomic E-state index is -0.168. The minimum Gasteiger partial charge on any atom is -0.324 e. The normalized spacial score (nSPS) is 19.4. The summed E-state index contributed by atoms with van der Waals surface area (Å²) in [6, 6.07) is 18.1. The van der Waals surface area contributed by atoms with Crippen molar-refractivity contribution in [2.75, 3.05) is 16.8 Å². The third-order valence-corrected chi connectivity index (χ3v) is 5.26. The fourth-order valence-corrected chi connectivity index (χ4v) is 3.79. The molecule has 2 aromatic carbocycles. The predicted molar refractivity (Wildman–Crippen MR) is 107 cm³/mol. The summed E-state index contributed by atoms with van der Waals surface area (Å²) in [6.45, 7) is 3.09. The monoisotopic (exact) mass is 363 g/mol. The summed E-state index contributed by atoms with van der Waals surface area (Å²) in [5, 5.41) is 2.92. The van der Waals surface area contributed by atoms with Crippen LogP contribution in [-0.2, 0) is 16.1 Å². The van der Waals surface area contributed by atoms with E-state index < -0.39 is 0 Å². The Kier molecular flexibility index (Phi) is 4.94. The van der Waals surface area contributed by atoms with Crippen LogP contribution in [0.25, 0.3) is 0 Å². The van der Waals surface area contributed by atoms with Gasteiger partial charge in [-0.15, -0.1) is 0 Å². The lowest BCUT2D eigenvalue weighted by Gasteiger charge is -2.31. The predicted octanol–water partition coefficient (Wildman–Crippen LogP) is 3.41. The van der Waals surface area contributed by atoms with Crippen molar-refractivity contribution in [2.24, 2.45) is 0 Å². The van der Waals surface area contributed by atoms with Gasteiger partial charge in [-0.05, 0) is 37.5 Å². The van der Waals surface area contributed by atoms with Gasteiger partial charge in [-0.3, -0.25) is 14.5 Å². The molecule has 140 valence electrons. The second-order valence-electron chi connectivity index (χ2n) is 7.50. The summed E-state index contributed by atoms with van der Waals surface area (Å²) in [7, 11) is 0. The Bertz CT molecular complexity index is 832. The summed E-state index contributed by atoms with van der Waals surface area (Å²) in [4.78, 5) is 29.5. The summed E-state index contributed by atoms with van der Waals surface area (Å²) in [5.41, 5.74) is 2.72. The number of carbonyl (C=O) groups excluding carboxylic acids is 2. The van der Waals surface area contributed by atoms with Crippen LogP contribution in [0.5, 0.6) is 0 Å². The maximum Gasteiger partial charge on any atom is 0.241 e. The number of rotatable bonds is 5. The third kappa shape index (κ3) is 4.03. The second kappa shape index (κ2) is 7.53. The van der Waals surface area contributed by atoms with Crippen LogP contribution in [0.2, 0.25) is 0 Å². The Morgan fingerprint density at radius 2 is 1.81 bits per heavy atom. The van der Waals surface area contributed by atoms with Crippen LogP contribution >= 0.6 is 0 Å². The Morgan fingerprint density at radius 3 is 2.56 bits per heavy atom. The van der Waals surface area contributed by atoms with E-state index >= 15 is 0 Å². The number of benzene rings is 2. The molecule has 2 amide bonds. The molecule has 2 aliphatic rings. The largest absolute Gasteiger partial charge is 0.324 e. The molecule has 1 saturated carbocycles. The summed E-state index contributed by atoms with van der Waals surface area (Å²) >= 11 is 0. The molecule has 5 nitrogen and oxygen atoms in total. The van der Waals surface area contributed by atoms with Gasteiger partial charge in [-0.25, -0.2) is 0 Å². The summed E-state index contributed by atoms with van der Waals surface area (Å²) < 4.78 is 0. The smallest absolute Gasteiger partial charge is 0.241 e. The second-order valence-corrected chi connectivity index (χ2v) is 7.50. The summed E-state index contributed by atoms with van der Waals surface area (Å²) in [6.07, 6.45) is 2.60. The fraction of sp³-hybridized carbons (Fsp3) is 0.364. The van der Waals surface area contributed by atoms with Gasteiger partial charge in [0.15, 0.2) is 0 Å². The zero-order valence-corrected chi connectivity index (χ0v) is 15.6. The van der Waals surface area contributed by atoms with Crippen molar-refractivity contribution in [3.05, 3.63) is 60.2 Å². The van der Waals surface area contributed by atoms with Crippen LogP contribution < -0.4 is 10.2 Å². The maximum atomic E-state index is 13.3. The Labute approximate surface area is 160 Å². The van der Waals surface area contributed by atoms with Crippen LogP contribution in [0, 0.1) is 0 Å². The minimum absolute atomic E-state index is 0.0476. The van der Waals surface area contributed by atoms with Crippen LogP contribution in [0.1, 0.15) is 31.7 Å². The Hall–Kier alpha value is -2.66. The van der Waals surface area contributed by atoms with Crippen molar-refractivity contribution in [3.63, 3.8) is 0 Å². The first-order valence-corrected chi connectivity index (χ1v) is 9.61. The number of anilines is 2. The lowest BCUT2D eigenvalue weighted by Crippen LogP contribution is -2.45. The molecular weight excluding hydrogens is 338 g/mol. The van der Waals surface area contributed by atoms with E-state index in [0.717, 1.165) is 25.1 Å². The average molecular weight is 363 g/mol. The zero-order valence-electron chi connectivity index (χ0n) is 15.6. The number of para-hydroxylation sites is 2. The molecule has 1 N–H and O–H groups in total. The first kappa shape index (κ1) is 17.7. The topological polar surface area (TPSA) is 52.7 Å². The van der Waals surface area contributed by atoms with Crippen LogP contribution in [0.4, 0.5) is 11.4 Å². The molecular formula is C22H25N3O2. The fourth-order valence-electron chi connectivity index (χ4n) is 3.79. The summed E-state index contributed by atoms with van der Waals surface area (Å²) in [5.74, 6) is 0.00265. The molecule has 0 spiro atoms. The molecule has 1 fully saturated rings. The molecule has 0 bridgehead atoms. The number of hydrogen-bond donors (Lipinski definition) is 1. The molecule has 0 aromatic heterocycles. The first-order valence-electron chi connectivity index (χ1n) is 9.61. The molecule has 1 aliphatic carbocycles. The van der Waals surface area contributed by atoms with Gasteiger partial charge in [-0.2, -0.15) is 0 Å². The number of nitrogens with one attached hydrogen (secondary N) is 1. The first-order chi connectivity index (χ1) is 13.1. The highest BCUT2D eigenvalue weighted by molar-refractivity contribution is 6.04. The highest BCUT2D eigenvalue weighted by atomic mass is 16.2. The third-order valence-electron chi connectivity index (χ3n) is 5.26. The highest BCUT2D eigenvalue weighted by Crippen LogP contribution is 2.33. The van der Waals surface area contributed by atoms with Crippen molar-refractivity contribution in [3.8, 4) is 0 Å². The Morgan fingerprint density at radius 1 is 1.11 bits per heavy atom. The van der Waals surface area contributed by atoms with Crippen LogP contribution in [0.3, 0.4) is 0 Å². The average Bonchev–Trinajstić information content (AvgIpc) is 3.49. The van der Waals surface area contributed by atoms with Gasteiger partial charge in [-0.1, -0.05) is 42.5 Å². The molecule has 1 heterocycles. The van der Waals surface area contributed by atoms with E-state index in [1.54, 1.807) is 4.90 Å². The van der Waals surface area contributed by atoms with Gasteiger partial charge in [0.1, 0.15) is 0 Å². The molecule has 0 saturated heterocycles. The number of amides is 2. The zero-order chi connectivity index (χ0) is 18.8. The van der Waals surface area contributed by atoms with Gasteiger partial charge in [0.2, 0.25) is 11.8 Å². The van der Waals surface area contributed by atoms with Gasteiger partial charge in [0.05, 0.1) is 17.9 Å². The van der Waals surface area contributed by atoms with E-state index in [1.807, 2.05) is 49.4 Å². The quantitative estimate of drug-likeness (QED) is 0.886. The number of fused-ring (bicyclic) bond motifs is 1. The number of hydrogen-bond acceptors (Lipinski definition) is 3. The maximum absolute atomic E-state index is 13.3. The van der Waals surface area contributed by atoms with Crippen molar-refractivity contribution >= 4 is 23.2 Å². The van der Waals surface area contributed by atoms with Gasteiger partial charge < -0.3 is 10.2 Å². The van der Waals surface area contributed by atoms with Gasteiger partial charge in [0.25, 0.3) is 0 Å². The Balaban J connectivity index is 1.56. The highest BCUT2D eigenvalue weighted by Gasteiger charge is 2.34. The molecule has 1 atom stereocenters. The van der Waals surface area contributed by atoms with Crippen molar-refractivity contribution < 1.29 is 9.59 Å². The number of carbonyl (C=O) groups is 2. The standard InChI is InChI=1S/C22H25N3O2/c1-16-13-21(26)23-19-9-5-6-10-20(19)25(16)22(27)15-24(18-11-12-18)14-17-7-3-2-4-8-17/h2-10,16,18H,11-15H2,1H3,(H,23,26). The molecule has 4 rings (SSSR count). The van der Waals surface area contributed by atoms with E-state index in [9.17, 15) is 9.59 Å². The molecule has 5 heteroatoms. The van der Waals surface area contributed by atoms with Gasteiger partial charge in [0, 0.05) is 25.0 Å². The lowest BCUT2D eigenvalue weighted by atomic mass is 10.1. The number of nitrogens with zero attached hydrogens (tertiary/aromatic N) is 2. The molecule has 0 radical (unpaired) electrons. The van der Waals surface area contributed by atoms with E-state index in [4.69, 9.17) is 0 Å². The molecule has 1 unspecified atom stereocenters. The van der Waals surface area contributed by atoms with Crippen LogP contribution in [0.15, 0.2) is 54.6 Å². The van der Waals surface area contributed by atoms with Gasteiger partial charge >= 0.3 is 0 Å². The van der Waals surface area contributed by atoms with E-state index in [2.05, 4.69) is 22.3 Å². The van der Waals surface area contributed by atoms with Crippen LogP contribution in [-0.4, -0.2) is 35.3 Å². The van der Waals surface area contributed by atoms with E-state index in [0.29, 0.717) is 24.7 Å². The van der Waals surface area contributed by atoms with E-state index in [-0.39, 0.29) is 17.9 Å². The SMILES string of the molecule is CC1CC(=O)Nc2ccccc2N1C(=O)CN(Cc1ccccc1)C1CC1. The molecule has 2 aromatic rings. The van der Waals surface area contributed by atoms with Crippen molar-refractivity contribution in [2.45, 2.75) is 44.8 Å².